The first-order valence-electron chi connectivity index (χ1n) is 8.68. The Bertz CT molecular complexity index is 973. The summed E-state index contributed by atoms with van der Waals surface area (Å²) in [7, 11) is 0. The van der Waals surface area contributed by atoms with Crippen LogP contribution >= 0.6 is 11.8 Å². The average Bonchev–Trinajstić information content (AvgIpc) is 2.68. The summed E-state index contributed by atoms with van der Waals surface area (Å²) in [5.41, 5.74) is 1.28. The van der Waals surface area contributed by atoms with Gasteiger partial charge in [0.15, 0.2) is 11.3 Å². The molecule has 0 fully saturated rings. The van der Waals surface area contributed by atoms with E-state index in [1.165, 1.54) is 0 Å². The van der Waals surface area contributed by atoms with Crippen LogP contribution in [-0.4, -0.2) is 26.8 Å². The van der Waals surface area contributed by atoms with Gasteiger partial charge >= 0.3 is 0 Å². The summed E-state index contributed by atoms with van der Waals surface area (Å²) in [6.45, 7) is 2.14. The van der Waals surface area contributed by atoms with Gasteiger partial charge in [0.25, 0.3) is 5.91 Å². The number of thioether (sulfide) groups is 1. The lowest BCUT2D eigenvalue weighted by molar-refractivity contribution is -0.116. The molecule has 132 valence electrons. The molecular weight excluding hydrogens is 346 g/mol. The fraction of sp³-hybridized carbons (Fsp3) is 0.263. The van der Waals surface area contributed by atoms with Gasteiger partial charge in [-0.3, -0.25) is 20.1 Å². The molecule has 0 aliphatic carbocycles. The van der Waals surface area contributed by atoms with Crippen molar-refractivity contribution in [1.29, 1.82) is 0 Å². The number of unbranched alkanes of at least 4 members (excludes halogenated alkanes) is 1. The van der Waals surface area contributed by atoms with Gasteiger partial charge in [0.05, 0.1) is 11.1 Å². The maximum Gasteiger partial charge on any atom is 0.276 e. The number of fused-ring (bicyclic) bond motifs is 2. The molecule has 1 N–H and O–H groups in total. The minimum absolute atomic E-state index is 0.151. The number of hydrazone groups is 1. The van der Waals surface area contributed by atoms with Gasteiger partial charge in [-0.25, -0.2) is 5.01 Å². The summed E-state index contributed by atoms with van der Waals surface area (Å²) < 4.78 is 0. The van der Waals surface area contributed by atoms with Crippen molar-refractivity contribution in [2.75, 3.05) is 5.75 Å². The highest BCUT2D eigenvalue weighted by Crippen LogP contribution is 2.29. The average molecular weight is 365 g/mol. The topological polar surface area (TPSA) is 70.0 Å². The number of amidine groups is 1. The fourth-order valence-electron chi connectivity index (χ4n) is 2.93. The van der Waals surface area contributed by atoms with E-state index in [1.807, 2.05) is 42.5 Å². The largest absolute Gasteiger partial charge is 0.298 e. The number of benzene rings is 1. The minimum Gasteiger partial charge on any atom is -0.298 e. The zero-order valence-electron chi connectivity index (χ0n) is 14.4. The van der Waals surface area contributed by atoms with Crippen LogP contribution in [0.15, 0.2) is 58.8 Å². The molecule has 0 spiro atoms. The Hall–Kier alpha value is -2.67. The molecule has 1 atom stereocenters. The number of para-hydroxylation sites is 1. The van der Waals surface area contributed by atoms with Crippen LogP contribution in [0.2, 0.25) is 0 Å². The van der Waals surface area contributed by atoms with E-state index in [4.69, 9.17) is 10.1 Å². The van der Waals surface area contributed by atoms with Crippen LogP contribution in [0.25, 0.3) is 5.70 Å². The summed E-state index contributed by atoms with van der Waals surface area (Å²) in [6, 6.07) is 13.3. The van der Waals surface area contributed by atoms with Crippen LogP contribution in [0, 0.1) is 0 Å². The van der Waals surface area contributed by atoms with E-state index in [-0.39, 0.29) is 5.91 Å². The van der Waals surface area contributed by atoms with E-state index in [2.05, 4.69) is 17.2 Å². The van der Waals surface area contributed by atoms with Gasteiger partial charge in [0.2, 0.25) is 0 Å². The van der Waals surface area contributed by atoms with E-state index in [0.717, 1.165) is 34.9 Å². The number of aromatic nitrogens is 1. The first-order valence-corrected chi connectivity index (χ1v) is 9.66. The predicted octanol–water partition coefficient (Wildman–Crippen LogP) is 1.76. The highest BCUT2D eigenvalue weighted by Gasteiger charge is 2.34. The number of rotatable bonds is 4. The number of nitrogens with one attached hydrogen (secondary N) is 1. The first-order chi connectivity index (χ1) is 12.8. The second kappa shape index (κ2) is 7.29. The van der Waals surface area contributed by atoms with Gasteiger partial charge in [-0.15, -0.1) is 5.10 Å². The summed E-state index contributed by atoms with van der Waals surface area (Å²) in [6.07, 6.45) is 3.46. The number of hydrogen-bond donors (Lipinski definition) is 1. The molecule has 0 bridgehead atoms. The molecule has 2 aromatic rings. The Labute approximate surface area is 155 Å². The van der Waals surface area contributed by atoms with Crippen molar-refractivity contribution in [1.82, 2.24) is 15.3 Å². The monoisotopic (exact) mass is 365 g/mol. The lowest BCUT2D eigenvalue weighted by atomic mass is 10.1. The fourth-order valence-corrected chi connectivity index (χ4v) is 3.86. The Balaban J connectivity index is 1.83. The van der Waals surface area contributed by atoms with Gasteiger partial charge in [0.1, 0.15) is 5.70 Å². The third kappa shape index (κ3) is 3.10. The highest BCUT2D eigenvalue weighted by atomic mass is 32.2. The molecule has 1 amide bonds. The van der Waals surface area contributed by atoms with E-state index < -0.39 is 6.17 Å². The number of nitrogens with zero attached hydrogens (tertiary/aromatic N) is 4. The molecule has 26 heavy (non-hydrogen) atoms. The molecule has 1 aromatic heterocycles. The maximum absolute atomic E-state index is 12.9. The van der Waals surface area contributed by atoms with Gasteiger partial charge in [-0.2, -0.15) is 0 Å². The van der Waals surface area contributed by atoms with Crippen LogP contribution in [0.4, 0.5) is 0 Å². The van der Waals surface area contributed by atoms with E-state index in [9.17, 15) is 4.79 Å². The second-order valence-electron chi connectivity index (χ2n) is 6.03. The molecule has 0 unspecified atom stereocenters. The molecule has 0 saturated heterocycles. The van der Waals surface area contributed by atoms with Gasteiger partial charge < -0.3 is 0 Å². The summed E-state index contributed by atoms with van der Waals surface area (Å²) in [4.78, 5) is 22.1. The smallest absolute Gasteiger partial charge is 0.276 e. The Morgan fingerprint density at radius 2 is 2.04 bits per heavy atom. The quantitative estimate of drug-likeness (QED) is 0.838. The SMILES string of the molecule is CCCCSC1=NN2C(=c3ccccc3=N[C@@H]2c2ccccn2)C(=O)N1. The normalized spacial score (nSPS) is 18.4. The van der Waals surface area contributed by atoms with Crippen molar-refractivity contribution in [3.63, 3.8) is 0 Å². The Morgan fingerprint density at radius 3 is 2.85 bits per heavy atom. The lowest BCUT2D eigenvalue weighted by Gasteiger charge is -2.33. The highest BCUT2D eigenvalue weighted by molar-refractivity contribution is 8.13. The lowest BCUT2D eigenvalue weighted by Crippen LogP contribution is -2.50. The van der Waals surface area contributed by atoms with Gasteiger partial charge in [-0.1, -0.05) is 49.4 Å². The molecule has 0 saturated carbocycles. The van der Waals surface area contributed by atoms with E-state index >= 15 is 0 Å². The molecule has 2 aliphatic rings. The van der Waals surface area contributed by atoms with E-state index in [1.54, 1.807) is 23.0 Å². The van der Waals surface area contributed by atoms with Crippen molar-refractivity contribution >= 4 is 28.5 Å². The first kappa shape index (κ1) is 16.8. The number of carbonyl (C=O) groups excluding carboxylic acids is 1. The molecule has 2 aliphatic heterocycles. The minimum atomic E-state index is -0.450. The number of pyridine rings is 1. The second-order valence-corrected chi connectivity index (χ2v) is 7.11. The van der Waals surface area contributed by atoms with Crippen LogP contribution in [0.5, 0.6) is 0 Å². The summed E-state index contributed by atoms with van der Waals surface area (Å²) in [5, 5.41) is 11.5. The van der Waals surface area contributed by atoms with Crippen molar-refractivity contribution in [2.24, 2.45) is 10.1 Å². The summed E-state index contributed by atoms with van der Waals surface area (Å²) in [5.74, 6) is 0.767. The van der Waals surface area contributed by atoms with Crippen molar-refractivity contribution in [3.8, 4) is 0 Å². The third-order valence-electron chi connectivity index (χ3n) is 4.20. The Morgan fingerprint density at radius 1 is 1.19 bits per heavy atom. The van der Waals surface area contributed by atoms with Gasteiger partial charge in [-0.05, 0) is 24.6 Å². The maximum atomic E-state index is 12.9. The number of hydrogen-bond acceptors (Lipinski definition) is 6. The number of amides is 1. The standard InChI is InChI=1S/C19H19N5OS/c1-2-3-12-26-19-22-18(25)16-13-8-4-5-9-14(13)21-17(24(16)23-19)15-10-6-7-11-20-15/h4-11,17H,2-3,12H2,1H3,(H,22,23,25)/t17-/m0/s1. The molecule has 6 nitrogen and oxygen atoms in total. The molecule has 7 heteroatoms. The van der Waals surface area contributed by atoms with Gasteiger partial charge in [0, 0.05) is 17.2 Å². The third-order valence-corrected chi connectivity index (χ3v) is 5.15. The molecule has 1 aromatic carbocycles. The van der Waals surface area contributed by atoms with Crippen molar-refractivity contribution in [2.45, 2.75) is 25.9 Å². The van der Waals surface area contributed by atoms with E-state index in [0.29, 0.717) is 10.9 Å². The van der Waals surface area contributed by atoms with Crippen LogP contribution in [-0.2, 0) is 4.79 Å². The van der Waals surface area contributed by atoms with Crippen molar-refractivity contribution in [3.05, 3.63) is 64.9 Å². The molecule has 3 heterocycles. The predicted molar refractivity (Wildman–Crippen MR) is 102 cm³/mol. The molecule has 4 rings (SSSR count). The van der Waals surface area contributed by atoms with Crippen LogP contribution in [0.3, 0.4) is 0 Å². The summed E-state index contributed by atoms with van der Waals surface area (Å²) >= 11 is 1.56. The zero-order chi connectivity index (χ0) is 17.9. The Kier molecular flexibility index (Phi) is 4.71. The van der Waals surface area contributed by atoms with Crippen molar-refractivity contribution < 1.29 is 4.79 Å². The zero-order valence-corrected chi connectivity index (χ0v) is 15.2. The van der Waals surface area contributed by atoms with Crippen LogP contribution in [0.1, 0.15) is 31.6 Å². The van der Waals surface area contributed by atoms with Crippen LogP contribution < -0.4 is 15.9 Å². The molecule has 0 radical (unpaired) electrons. The molecular formula is C19H19N5OS. The number of carbonyl (C=O) groups is 1.